The Labute approximate surface area is 92.6 Å². The van der Waals surface area contributed by atoms with Crippen LogP contribution in [-0.4, -0.2) is 54.6 Å². The standard InChI is InChI=1S/C11H23N3O/c1-5-6-12-11(15)14-7-9(2)13(4)10(3)8-14/h9-10H,5-8H2,1-4H3,(H,12,15). The minimum absolute atomic E-state index is 0.0867. The molecule has 88 valence electrons. The fourth-order valence-electron chi connectivity index (χ4n) is 1.91. The number of hydrogen-bond acceptors (Lipinski definition) is 2. The van der Waals surface area contributed by atoms with Gasteiger partial charge in [0.1, 0.15) is 0 Å². The number of urea groups is 1. The molecular weight excluding hydrogens is 190 g/mol. The predicted molar refractivity (Wildman–Crippen MR) is 61.9 cm³/mol. The number of carbonyl (C=O) groups is 1. The van der Waals surface area contributed by atoms with Gasteiger partial charge in [-0.05, 0) is 27.3 Å². The highest BCUT2D eigenvalue weighted by molar-refractivity contribution is 5.74. The van der Waals surface area contributed by atoms with E-state index in [1.54, 1.807) is 0 Å². The maximum atomic E-state index is 11.8. The fraction of sp³-hybridized carbons (Fsp3) is 0.909. The Balaban J connectivity index is 2.46. The van der Waals surface area contributed by atoms with Crippen LogP contribution >= 0.6 is 0 Å². The van der Waals surface area contributed by atoms with E-state index in [-0.39, 0.29) is 6.03 Å². The molecule has 4 heteroatoms. The van der Waals surface area contributed by atoms with E-state index in [1.807, 2.05) is 4.90 Å². The van der Waals surface area contributed by atoms with E-state index in [9.17, 15) is 4.79 Å². The molecule has 2 unspecified atom stereocenters. The number of likely N-dealkylation sites (N-methyl/N-ethyl adjacent to an activating group) is 1. The summed E-state index contributed by atoms with van der Waals surface area (Å²) in [4.78, 5) is 16.0. The summed E-state index contributed by atoms with van der Waals surface area (Å²) in [5, 5.41) is 2.93. The topological polar surface area (TPSA) is 35.6 Å². The number of amides is 2. The minimum Gasteiger partial charge on any atom is -0.338 e. The lowest BCUT2D eigenvalue weighted by atomic mass is 10.1. The van der Waals surface area contributed by atoms with Gasteiger partial charge >= 0.3 is 6.03 Å². The van der Waals surface area contributed by atoms with Crippen molar-refractivity contribution in [3.05, 3.63) is 0 Å². The van der Waals surface area contributed by atoms with Gasteiger partial charge in [0, 0.05) is 31.7 Å². The van der Waals surface area contributed by atoms with Gasteiger partial charge in [0.2, 0.25) is 0 Å². The molecule has 1 aliphatic heterocycles. The number of nitrogens with one attached hydrogen (secondary N) is 1. The highest BCUT2D eigenvalue weighted by Gasteiger charge is 2.28. The average molecular weight is 213 g/mol. The van der Waals surface area contributed by atoms with Crippen LogP contribution < -0.4 is 5.32 Å². The summed E-state index contributed by atoms with van der Waals surface area (Å²) in [6.07, 6.45) is 0.991. The highest BCUT2D eigenvalue weighted by atomic mass is 16.2. The Hall–Kier alpha value is -0.770. The molecule has 1 heterocycles. The normalized spacial score (nSPS) is 27.9. The molecule has 1 aliphatic rings. The smallest absolute Gasteiger partial charge is 0.317 e. The van der Waals surface area contributed by atoms with E-state index >= 15 is 0 Å². The summed E-state index contributed by atoms with van der Waals surface area (Å²) >= 11 is 0. The maximum Gasteiger partial charge on any atom is 0.317 e. The first kappa shape index (κ1) is 12.3. The largest absolute Gasteiger partial charge is 0.338 e. The van der Waals surface area contributed by atoms with Crippen LogP contribution in [0.5, 0.6) is 0 Å². The summed E-state index contributed by atoms with van der Waals surface area (Å²) in [6.45, 7) is 8.82. The lowest BCUT2D eigenvalue weighted by molar-refractivity contribution is 0.0771. The molecule has 1 saturated heterocycles. The Bertz CT molecular complexity index is 208. The van der Waals surface area contributed by atoms with Gasteiger partial charge in [0.05, 0.1) is 0 Å². The quantitative estimate of drug-likeness (QED) is 0.746. The van der Waals surface area contributed by atoms with Crippen LogP contribution in [-0.2, 0) is 0 Å². The van der Waals surface area contributed by atoms with Crippen molar-refractivity contribution < 1.29 is 4.79 Å². The number of nitrogens with zero attached hydrogens (tertiary/aromatic N) is 2. The molecule has 1 fully saturated rings. The molecule has 1 rings (SSSR count). The zero-order chi connectivity index (χ0) is 11.4. The molecule has 2 amide bonds. The van der Waals surface area contributed by atoms with Crippen molar-refractivity contribution in [1.82, 2.24) is 15.1 Å². The minimum atomic E-state index is 0.0867. The third-order valence-corrected chi connectivity index (χ3v) is 3.17. The van der Waals surface area contributed by atoms with Gasteiger partial charge in [-0.1, -0.05) is 6.92 Å². The first-order valence-electron chi connectivity index (χ1n) is 5.81. The van der Waals surface area contributed by atoms with Gasteiger partial charge in [-0.15, -0.1) is 0 Å². The molecular formula is C11H23N3O. The molecule has 15 heavy (non-hydrogen) atoms. The summed E-state index contributed by atoms with van der Waals surface area (Å²) in [6, 6.07) is 0.978. The first-order chi connectivity index (χ1) is 7.06. The zero-order valence-corrected chi connectivity index (χ0v) is 10.3. The summed E-state index contributed by atoms with van der Waals surface area (Å²) < 4.78 is 0. The van der Waals surface area contributed by atoms with Crippen molar-refractivity contribution in [2.45, 2.75) is 39.3 Å². The van der Waals surface area contributed by atoms with Crippen LogP contribution in [0.15, 0.2) is 0 Å². The van der Waals surface area contributed by atoms with Crippen LogP contribution in [0.4, 0.5) is 4.79 Å². The van der Waals surface area contributed by atoms with E-state index in [0.717, 1.165) is 26.1 Å². The van der Waals surface area contributed by atoms with E-state index < -0.39 is 0 Å². The summed E-state index contributed by atoms with van der Waals surface area (Å²) in [7, 11) is 2.12. The van der Waals surface area contributed by atoms with Gasteiger partial charge in [-0.3, -0.25) is 4.90 Å². The van der Waals surface area contributed by atoms with Gasteiger partial charge in [-0.25, -0.2) is 4.79 Å². The predicted octanol–water partition coefficient (Wildman–Crippen LogP) is 1.13. The molecule has 2 atom stereocenters. The number of rotatable bonds is 2. The summed E-state index contributed by atoms with van der Waals surface area (Å²) in [5.74, 6) is 0. The number of piperazine rings is 1. The second kappa shape index (κ2) is 5.35. The molecule has 4 nitrogen and oxygen atoms in total. The van der Waals surface area contributed by atoms with E-state index in [4.69, 9.17) is 0 Å². The molecule has 0 aromatic carbocycles. The molecule has 1 N–H and O–H groups in total. The third-order valence-electron chi connectivity index (χ3n) is 3.17. The molecule has 0 spiro atoms. The Morgan fingerprint density at radius 1 is 1.33 bits per heavy atom. The monoisotopic (exact) mass is 213 g/mol. The molecule has 0 saturated carbocycles. The SMILES string of the molecule is CCCNC(=O)N1CC(C)N(C)C(C)C1. The second-order valence-electron chi connectivity index (χ2n) is 4.50. The Morgan fingerprint density at radius 2 is 1.87 bits per heavy atom. The van der Waals surface area contributed by atoms with Crippen molar-refractivity contribution in [2.24, 2.45) is 0 Å². The van der Waals surface area contributed by atoms with Gasteiger partial charge in [0.15, 0.2) is 0 Å². The van der Waals surface area contributed by atoms with Crippen molar-refractivity contribution in [3.63, 3.8) is 0 Å². The highest BCUT2D eigenvalue weighted by Crippen LogP contribution is 2.12. The van der Waals surface area contributed by atoms with Gasteiger partial charge < -0.3 is 10.2 Å². The van der Waals surface area contributed by atoms with Crippen LogP contribution in [0.3, 0.4) is 0 Å². The van der Waals surface area contributed by atoms with Crippen molar-refractivity contribution >= 4 is 6.03 Å². The van der Waals surface area contributed by atoms with Crippen molar-refractivity contribution in [2.75, 3.05) is 26.7 Å². The molecule has 0 radical (unpaired) electrons. The molecule has 0 aromatic rings. The van der Waals surface area contributed by atoms with E-state index in [1.165, 1.54) is 0 Å². The maximum absolute atomic E-state index is 11.8. The molecule has 0 aromatic heterocycles. The van der Waals surface area contributed by atoms with Gasteiger partial charge in [0.25, 0.3) is 0 Å². The van der Waals surface area contributed by atoms with Crippen LogP contribution in [0, 0.1) is 0 Å². The van der Waals surface area contributed by atoms with E-state index in [2.05, 4.69) is 38.0 Å². The van der Waals surface area contributed by atoms with Crippen LogP contribution in [0.1, 0.15) is 27.2 Å². The number of carbonyl (C=O) groups excluding carboxylic acids is 1. The Kier molecular flexibility index (Phi) is 4.39. The number of hydrogen-bond donors (Lipinski definition) is 1. The zero-order valence-electron chi connectivity index (χ0n) is 10.3. The van der Waals surface area contributed by atoms with Crippen LogP contribution in [0.25, 0.3) is 0 Å². The Morgan fingerprint density at radius 3 is 2.33 bits per heavy atom. The van der Waals surface area contributed by atoms with E-state index in [0.29, 0.717) is 12.1 Å². The molecule has 0 aliphatic carbocycles. The van der Waals surface area contributed by atoms with Crippen molar-refractivity contribution in [3.8, 4) is 0 Å². The van der Waals surface area contributed by atoms with Gasteiger partial charge in [-0.2, -0.15) is 0 Å². The van der Waals surface area contributed by atoms with Crippen LogP contribution in [0.2, 0.25) is 0 Å². The molecule has 0 bridgehead atoms. The lowest BCUT2D eigenvalue weighted by Gasteiger charge is -2.42. The second-order valence-corrected chi connectivity index (χ2v) is 4.50. The third kappa shape index (κ3) is 3.09. The fourth-order valence-corrected chi connectivity index (χ4v) is 1.91. The van der Waals surface area contributed by atoms with Crippen molar-refractivity contribution in [1.29, 1.82) is 0 Å². The summed E-state index contributed by atoms with van der Waals surface area (Å²) in [5.41, 5.74) is 0. The first-order valence-corrected chi connectivity index (χ1v) is 5.81. The lowest BCUT2D eigenvalue weighted by Crippen LogP contribution is -2.58. The average Bonchev–Trinajstić information content (AvgIpc) is 2.21.